The lowest BCUT2D eigenvalue weighted by Gasteiger charge is -2.26. The average molecular weight is 458 g/mol. The van der Waals surface area contributed by atoms with Crippen LogP contribution in [0.1, 0.15) is 62.1 Å². The predicted molar refractivity (Wildman–Crippen MR) is 120 cm³/mol. The lowest BCUT2D eigenvalue weighted by Crippen LogP contribution is -2.40. The highest BCUT2D eigenvalue weighted by atomic mass is 16.6. The van der Waals surface area contributed by atoms with Crippen molar-refractivity contribution in [1.82, 2.24) is 20.5 Å². The van der Waals surface area contributed by atoms with Crippen molar-refractivity contribution in [1.29, 1.82) is 0 Å². The zero-order valence-corrected chi connectivity index (χ0v) is 18.8. The third-order valence-electron chi connectivity index (χ3n) is 6.35. The molecule has 2 atom stereocenters. The van der Waals surface area contributed by atoms with Crippen LogP contribution in [0.2, 0.25) is 0 Å². The number of ether oxygens (including phenoxy) is 2. The number of methoxy groups -OCH3 is 1. The fourth-order valence-corrected chi connectivity index (χ4v) is 4.56. The van der Waals surface area contributed by atoms with Gasteiger partial charge in [0.15, 0.2) is 5.82 Å². The van der Waals surface area contributed by atoms with Gasteiger partial charge in [0.05, 0.1) is 19.6 Å². The number of H-pyrrole nitrogens is 1. The molecule has 2 aliphatic carbocycles. The molecule has 0 saturated heterocycles. The molecule has 2 fully saturated rings. The average Bonchev–Trinajstić information content (AvgIpc) is 3.45. The molecule has 0 radical (unpaired) electrons. The van der Waals surface area contributed by atoms with E-state index in [4.69, 9.17) is 9.47 Å². The monoisotopic (exact) mass is 457 g/mol. The molecule has 2 heterocycles. The van der Waals surface area contributed by atoms with E-state index in [1.807, 2.05) is 6.07 Å². The molecule has 2 amide bonds. The van der Waals surface area contributed by atoms with E-state index in [0.717, 1.165) is 36.9 Å². The van der Waals surface area contributed by atoms with Gasteiger partial charge in [-0.1, -0.05) is 0 Å². The Bertz CT molecular complexity index is 956. The molecule has 0 spiro atoms. The van der Waals surface area contributed by atoms with Crippen molar-refractivity contribution in [3.05, 3.63) is 35.7 Å². The second kappa shape index (κ2) is 10.7. The van der Waals surface area contributed by atoms with Crippen LogP contribution < -0.4 is 15.4 Å². The predicted octanol–water partition coefficient (Wildman–Crippen LogP) is 2.66. The van der Waals surface area contributed by atoms with Gasteiger partial charge in [0.2, 0.25) is 11.8 Å². The highest BCUT2D eigenvalue weighted by Gasteiger charge is 2.31. The lowest BCUT2D eigenvalue weighted by molar-refractivity contribution is -0.115. The number of aromatic amines is 1. The lowest BCUT2D eigenvalue weighted by atomic mass is 9.93. The maximum Gasteiger partial charge on any atom is 0.407 e. The summed E-state index contributed by atoms with van der Waals surface area (Å²) in [5, 5.41) is 22.5. The Labute approximate surface area is 192 Å². The van der Waals surface area contributed by atoms with E-state index in [1.165, 1.54) is 7.11 Å². The van der Waals surface area contributed by atoms with Gasteiger partial charge in [0.1, 0.15) is 6.10 Å². The molecule has 10 nitrogen and oxygen atoms in total. The Kier molecular flexibility index (Phi) is 7.43. The first-order valence-electron chi connectivity index (χ1n) is 11.5. The molecular formula is C23H31N5O5. The van der Waals surface area contributed by atoms with Crippen molar-refractivity contribution in [2.24, 2.45) is 0 Å². The van der Waals surface area contributed by atoms with Crippen LogP contribution in [-0.2, 0) is 16.0 Å². The maximum absolute atomic E-state index is 12.4. The number of aliphatic hydroxyl groups excluding tert-OH is 1. The highest BCUT2D eigenvalue weighted by molar-refractivity contribution is 5.91. The van der Waals surface area contributed by atoms with Crippen molar-refractivity contribution in [3.8, 4) is 5.88 Å². The third-order valence-corrected chi connectivity index (χ3v) is 6.35. The molecule has 178 valence electrons. The van der Waals surface area contributed by atoms with Gasteiger partial charge >= 0.3 is 6.09 Å². The summed E-state index contributed by atoms with van der Waals surface area (Å²) in [6.07, 6.45) is 6.37. The Morgan fingerprint density at radius 3 is 2.79 bits per heavy atom. The summed E-state index contributed by atoms with van der Waals surface area (Å²) in [7, 11) is 1.53. The number of carbonyl (C=O) groups excluding carboxylic acids is 2. The van der Waals surface area contributed by atoms with Crippen LogP contribution in [0.3, 0.4) is 0 Å². The van der Waals surface area contributed by atoms with Crippen molar-refractivity contribution in [2.45, 2.75) is 75.5 Å². The van der Waals surface area contributed by atoms with E-state index in [-0.39, 0.29) is 42.6 Å². The molecular weight excluding hydrogens is 426 g/mol. The number of rotatable bonds is 7. The topological polar surface area (TPSA) is 138 Å². The second-order valence-electron chi connectivity index (χ2n) is 8.83. The number of aromatic nitrogens is 3. The number of pyridine rings is 1. The van der Waals surface area contributed by atoms with Gasteiger partial charge in [-0.25, -0.2) is 9.78 Å². The fraction of sp³-hybridized carbons (Fsp3) is 0.565. The normalized spacial score (nSPS) is 24.8. The van der Waals surface area contributed by atoms with Gasteiger partial charge in [0, 0.05) is 36.0 Å². The second-order valence-corrected chi connectivity index (χ2v) is 8.83. The summed E-state index contributed by atoms with van der Waals surface area (Å²) in [5.74, 6) is 0.945. The molecule has 2 saturated carbocycles. The summed E-state index contributed by atoms with van der Waals surface area (Å²) in [4.78, 5) is 28.6. The summed E-state index contributed by atoms with van der Waals surface area (Å²) < 4.78 is 10.7. The van der Waals surface area contributed by atoms with Gasteiger partial charge in [-0.15, -0.1) is 0 Å². The molecule has 0 unspecified atom stereocenters. The molecule has 4 N–H and O–H groups in total. The number of alkyl carbamates (subject to hydrolysis) is 1. The molecule has 2 aromatic heterocycles. The Hall–Kier alpha value is -3.14. The largest absolute Gasteiger partial charge is 0.481 e. The molecule has 33 heavy (non-hydrogen) atoms. The van der Waals surface area contributed by atoms with Crippen molar-refractivity contribution in [3.63, 3.8) is 0 Å². The van der Waals surface area contributed by atoms with E-state index in [1.54, 1.807) is 18.3 Å². The van der Waals surface area contributed by atoms with Gasteiger partial charge in [-0.3, -0.25) is 9.89 Å². The molecule has 2 aromatic rings. The Morgan fingerprint density at radius 2 is 2.00 bits per heavy atom. The zero-order valence-electron chi connectivity index (χ0n) is 18.8. The number of anilines is 1. The van der Waals surface area contributed by atoms with Crippen molar-refractivity contribution in [2.75, 3.05) is 12.4 Å². The summed E-state index contributed by atoms with van der Waals surface area (Å²) in [5.41, 5.74) is 1.72. The standard InChI is InChI=1S/C23H31N5O5/c1-32-22-11-14(8-9-24-22)10-21(30)26-20-13-19(27-28-20)15-2-7-18(12-15)33-23(31)25-16-3-5-17(29)6-4-16/h8-9,11,13,15-18,29H,2-7,10,12H2,1H3,(H,25,31)(H2,26,27,28,30)/t15-,16?,17?,18+/m1/s1. The number of nitrogens with one attached hydrogen (secondary N) is 3. The van der Waals surface area contributed by atoms with Crippen LogP contribution in [0.4, 0.5) is 10.6 Å². The van der Waals surface area contributed by atoms with Crippen LogP contribution in [0.15, 0.2) is 24.4 Å². The number of carbonyl (C=O) groups is 2. The van der Waals surface area contributed by atoms with Gasteiger partial charge in [0.25, 0.3) is 0 Å². The number of hydrogen-bond donors (Lipinski definition) is 4. The number of nitrogens with zero attached hydrogens (tertiary/aromatic N) is 2. The van der Waals surface area contributed by atoms with Crippen LogP contribution >= 0.6 is 0 Å². The first-order valence-corrected chi connectivity index (χ1v) is 11.5. The number of hydrogen-bond acceptors (Lipinski definition) is 7. The first kappa shape index (κ1) is 23.0. The highest BCUT2D eigenvalue weighted by Crippen LogP contribution is 2.36. The molecule has 4 rings (SSSR count). The van der Waals surface area contributed by atoms with Crippen LogP contribution in [0.5, 0.6) is 5.88 Å². The van der Waals surface area contributed by atoms with E-state index >= 15 is 0 Å². The van der Waals surface area contributed by atoms with Crippen LogP contribution in [0, 0.1) is 0 Å². The number of amides is 2. The molecule has 0 bridgehead atoms. The molecule has 0 aliphatic heterocycles. The Morgan fingerprint density at radius 1 is 1.18 bits per heavy atom. The minimum absolute atomic E-state index is 0.0742. The van der Waals surface area contributed by atoms with E-state index in [2.05, 4.69) is 25.8 Å². The quantitative estimate of drug-likeness (QED) is 0.501. The zero-order chi connectivity index (χ0) is 23.2. The maximum atomic E-state index is 12.4. The van der Waals surface area contributed by atoms with Crippen LogP contribution in [-0.4, -0.2) is 57.6 Å². The minimum atomic E-state index is -0.382. The van der Waals surface area contributed by atoms with Crippen molar-refractivity contribution < 1.29 is 24.2 Å². The van der Waals surface area contributed by atoms with E-state index in [0.29, 0.717) is 31.0 Å². The summed E-state index contributed by atoms with van der Waals surface area (Å²) >= 11 is 0. The minimum Gasteiger partial charge on any atom is -0.481 e. The molecule has 10 heteroatoms. The molecule has 0 aromatic carbocycles. The Balaban J connectivity index is 1.22. The number of aliphatic hydroxyl groups is 1. The fourth-order valence-electron chi connectivity index (χ4n) is 4.56. The third kappa shape index (κ3) is 6.44. The van der Waals surface area contributed by atoms with Gasteiger partial charge in [-0.05, 0) is 56.6 Å². The van der Waals surface area contributed by atoms with E-state index in [9.17, 15) is 14.7 Å². The summed E-state index contributed by atoms with van der Waals surface area (Å²) in [6.45, 7) is 0. The van der Waals surface area contributed by atoms with E-state index < -0.39 is 0 Å². The van der Waals surface area contributed by atoms with Gasteiger partial charge in [-0.2, -0.15) is 5.10 Å². The molecule has 2 aliphatic rings. The van der Waals surface area contributed by atoms with Gasteiger partial charge < -0.3 is 25.2 Å². The van der Waals surface area contributed by atoms with Crippen molar-refractivity contribution >= 4 is 17.8 Å². The van der Waals surface area contributed by atoms with Crippen LogP contribution in [0.25, 0.3) is 0 Å². The smallest absolute Gasteiger partial charge is 0.407 e. The summed E-state index contributed by atoms with van der Waals surface area (Å²) in [6, 6.07) is 5.41. The SMILES string of the molecule is COc1cc(CC(=O)Nc2cc([C@@H]3CC[C@H](OC(=O)NC4CCC(O)CC4)C3)[nH]n2)ccn1. The first-order chi connectivity index (χ1) is 16.0.